The molecule has 1 aliphatic heterocycles. The molecule has 0 saturated carbocycles. The van der Waals surface area contributed by atoms with Gasteiger partial charge in [-0.25, -0.2) is 0 Å². The Kier molecular flexibility index (Phi) is 3.75. The highest BCUT2D eigenvalue weighted by molar-refractivity contribution is 5.58. The molecule has 1 aliphatic rings. The lowest BCUT2D eigenvalue weighted by atomic mass is 9.96. The Morgan fingerprint density at radius 1 is 1.23 bits per heavy atom. The minimum Gasteiger partial charge on any atom is -0.351 e. The lowest BCUT2D eigenvalue weighted by Gasteiger charge is -2.35. The highest BCUT2D eigenvalue weighted by atomic mass is 16.6. The van der Waals surface area contributed by atoms with E-state index in [1.54, 1.807) is 12.1 Å². The van der Waals surface area contributed by atoms with E-state index < -0.39 is 4.92 Å². The quantitative estimate of drug-likeness (QED) is 0.642. The number of aryl methyl sites for hydroxylation is 1. The van der Waals surface area contributed by atoms with Crippen LogP contribution >= 0.6 is 0 Å². The van der Waals surface area contributed by atoms with E-state index in [1.807, 2.05) is 18.2 Å². The number of nitro groups is 1. The van der Waals surface area contributed by atoms with Gasteiger partial charge >= 0.3 is 0 Å². The zero-order chi connectivity index (χ0) is 15.5. The number of para-hydroxylation sites is 1. The summed E-state index contributed by atoms with van der Waals surface area (Å²) in [5, 5.41) is 20.1. The van der Waals surface area contributed by atoms with Gasteiger partial charge in [0.15, 0.2) is 0 Å². The fourth-order valence-corrected chi connectivity index (χ4v) is 2.87. The number of nitrogens with zero attached hydrogens (tertiary/aromatic N) is 3. The second-order valence-electron chi connectivity index (χ2n) is 5.36. The molecule has 1 atom stereocenters. The summed E-state index contributed by atoms with van der Waals surface area (Å²) in [6, 6.07) is 16.8. The minimum atomic E-state index is -0.405. The van der Waals surface area contributed by atoms with Crippen LogP contribution in [0, 0.1) is 21.4 Å². The number of fused-ring (bicyclic) bond motifs is 1. The van der Waals surface area contributed by atoms with Crippen LogP contribution in [0.2, 0.25) is 0 Å². The van der Waals surface area contributed by atoms with Gasteiger partial charge in [-0.2, -0.15) is 5.26 Å². The Morgan fingerprint density at radius 3 is 2.64 bits per heavy atom. The fraction of sp³-hybridized carbons (Fsp3) is 0.235. The molecule has 2 aromatic carbocycles. The van der Waals surface area contributed by atoms with Crippen LogP contribution in [-0.4, -0.2) is 11.0 Å². The van der Waals surface area contributed by atoms with E-state index in [0.29, 0.717) is 6.54 Å². The minimum absolute atomic E-state index is 0.0830. The van der Waals surface area contributed by atoms with Gasteiger partial charge in [0, 0.05) is 24.4 Å². The van der Waals surface area contributed by atoms with Crippen LogP contribution in [0.5, 0.6) is 0 Å². The molecule has 0 saturated heterocycles. The zero-order valence-electron chi connectivity index (χ0n) is 12.0. The largest absolute Gasteiger partial charge is 0.351 e. The van der Waals surface area contributed by atoms with Crippen LogP contribution in [-0.2, 0) is 13.0 Å². The summed E-state index contributed by atoms with van der Waals surface area (Å²) in [4.78, 5) is 12.4. The van der Waals surface area contributed by atoms with Gasteiger partial charge in [-0.05, 0) is 30.0 Å². The van der Waals surface area contributed by atoms with Gasteiger partial charge in [-0.3, -0.25) is 10.1 Å². The van der Waals surface area contributed by atoms with Crippen molar-refractivity contribution in [3.05, 3.63) is 69.8 Å². The summed E-state index contributed by atoms with van der Waals surface area (Å²) in [6.45, 7) is 0.577. The molecule has 5 nitrogen and oxygen atoms in total. The summed E-state index contributed by atoms with van der Waals surface area (Å²) >= 11 is 0. The normalized spacial score (nSPS) is 16.7. The summed E-state index contributed by atoms with van der Waals surface area (Å²) in [7, 11) is 0. The van der Waals surface area contributed by atoms with Crippen LogP contribution in [0.15, 0.2) is 48.5 Å². The molecule has 1 heterocycles. The molecule has 5 heteroatoms. The maximum Gasteiger partial charge on any atom is 0.269 e. The molecule has 2 aromatic rings. The molecule has 3 rings (SSSR count). The van der Waals surface area contributed by atoms with Crippen molar-refractivity contribution in [2.75, 3.05) is 4.90 Å². The molecule has 0 N–H and O–H groups in total. The maximum atomic E-state index is 10.7. The molecular formula is C17H15N3O2. The summed E-state index contributed by atoms with van der Waals surface area (Å²) in [5.74, 6) is 0. The van der Waals surface area contributed by atoms with E-state index >= 15 is 0 Å². The number of anilines is 1. The van der Waals surface area contributed by atoms with Crippen molar-refractivity contribution in [2.24, 2.45) is 0 Å². The Morgan fingerprint density at radius 2 is 1.95 bits per heavy atom. The van der Waals surface area contributed by atoms with Gasteiger partial charge < -0.3 is 4.90 Å². The average Bonchev–Trinajstić information content (AvgIpc) is 2.55. The number of hydrogen-bond donors (Lipinski definition) is 0. The number of hydrogen-bond acceptors (Lipinski definition) is 4. The first-order chi connectivity index (χ1) is 10.7. The molecular weight excluding hydrogens is 278 g/mol. The van der Waals surface area contributed by atoms with Crippen LogP contribution in [0.3, 0.4) is 0 Å². The zero-order valence-corrected chi connectivity index (χ0v) is 12.0. The van der Waals surface area contributed by atoms with Crippen molar-refractivity contribution in [1.29, 1.82) is 5.26 Å². The topological polar surface area (TPSA) is 70.2 Å². The molecule has 0 aliphatic carbocycles. The van der Waals surface area contributed by atoms with Crippen molar-refractivity contribution in [3.8, 4) is 6.07 Å². The van der Waals surface area contributed by atoms with E-state index in [4.69, 9.17) is 0 Å². The van der Waals surface area contributed by atoms with Gasteiger partial charge in [0.1, 0.15) is 6.04 Å². The first-order valence-corrected chi connectivity index (χ1v) is 7.16. The number of nitro benzene ring substituents is 1. The van der Waals surface area contributed by atoms with E-state index in [2.05, 4.69) is 17.0 Å². The van der Waals surface area contributed by atoms with E-state index in [0.717, 1.165) is 24.1 Å². The third-order valence-electron chi connectivity index (χ3n) is 4.01. The molecule has 110 valence electrons. The number of rotatable bonds is 3. The van der Waals surface area contributed by atoms with Crippen LogP contribution in [0.1, 0.15) is 17.5 Å². The van der Waals surface area contributed by atoms with E-state index in [9.17, 15) is 15.4 Å². The maximum absolute atomic E-state index is 10.7. The Balaban J connectivity index is 1.89. The van der Waals surface area contributed by atoms with Gasteiger partial charge in [0.25, 0.3) is 5.69 Å². The third kappa shape index (κ3) is 2.63. The average molecular weight is 293 g/mol. The fourth-order valence-electron chi connectivity index (χ4n) is 2.87. The highest BCUT2D eigenvalue weighted by Crippen LogP contribution is 2.31. The van der Waals surface area contributed by atoms with E-state index in [1.165, 1.54) is 17.7 Å². The lowest BCUT2D eigenvalue weighted by Crippen LogP contribution is -2.37. The standard InChI is InChI=1S/C17H15N3O2/c18-11-16-10-7-14-3-1-2-4-17(14)19(16)12-13-5-8-15(9-6-13)20(21)22/h1-6,8-9,16H,7,10,12H2/t16-/m0/s1. The van der Waals surface area contributed by atoms with Gasteiger partial charge in [-0.1, -0.05) is 30.3 Å². The molecule has 22 heavy (non-hydrogen) atoms. The van der Waals surface area contributed by atoms with Crippen LogP contribution in [0.4, 0.5) is 11.4 Å². The molecule has 0 amide bonds. The third-order valence-corrected chi connectivity index (χ3v) is 4.01. The van der Waals surface area contributed by atoms with Crippen molar-refractivity contribution >= 4 is 11.4 Å². The second kappa shape index (κ2) is 5.86. The molecule has 0 unspecified atom stereocenters. The molecule has 0 bridgehead atoms. The Hall–Kier alpha value is -2.87. The molecule has 0 radical (unpaired) electrons. The number of benzene rings is 2. The van der Waals surface area contributed by atoms with Gasteiger partial charge in [0.05, 0.1) is 11.0 Å². The molecule has 0 aromatic heterocycles. The van der Waals surface area contributed by atoms with Crippen molar-refractivity contribution < 1.29 is 4.92 Å². The second-order valence-corrected chi connectivity index (χ2v) is 5.36. The first kappa shape index (κ1) is 14.1. The summed E-state index contributed by atoms with van der Waals surface area (Å²) in [5.41, 5.74) is 3.37. The Labute approximate surface area is 128 Å². The van der Waals surface area contributed by atoms with Crippen molar-refractivity contribution in [2.45, 2.75) is 25.4 Å². The van der Waals surface area contributed by atoms with Crippen LogP contribution in [0.25, 0.3) is 0 Å². The first-order valence-electron chi connectivity index (χ1n) is 7.16. The Bertz CT molecular complexity index is 734. The van der Waals surface area contributed by atoms with Crippen molar-refractivity contribution in [3.63, 3.8) is 0 Å². The number of nitriles is 1. The smallest absolute Gasteiger partial charge is 0.269 e. The number of non-ortho nitro benzene ring substituents is 1. The monoisotopic (exact) mass is 293 g/mol. The molecule has 0 fully saturated rings. The SMILES string of the molecule is N#C[C@@H]1CCc2ccccc2N1Cc1ccc([N+](=O)[O-])cc1. The summed E-state index contributed by atoms with van der Waals surface area (Å²) < 4.78 is 0. The van der Waals surface area contributed by atoms with Crippen molar-refractivity contribution in [1.82, 2.24) is 0 Å². The molecule has 0 spiro atoms. The predicted molar refractivity (Wildman–Crippen MR) is 83.4 cm³/mol. The predicted octanol–water partition coefficient (Wildman–Crippen LogP) is 3.44. The van der Waals surface area contributed by atoms with E-state index in [-0.39, 0.29) is 11.7 Å². The van der Waals surface area contributed by atoms with Crippen LogP contribution < -0.4 is 4.90 Å². The summed E-state index contributed by atoms with van der Waals surface area (Å²) in [6.07, 6.45) is 1.71. The van der Waals surface area contributed by atoms with Gasteiger partial charge in [0.2, 0.25) is 0 Å². The lowest BCUT2D eigenvalue weighted by molar-refractivity contribution is -0.384. The van der Waals surface area contributed by atoms with Gasteiger partial charge in [-0.15, -0.1) is 0 Å². The highest BCUT2D eigenvalue weighted by Gasteiger charge is 2.25.